The molecule has 0 unspecified atom stereocenters. The van der Waals surface area contributed by atoms with E-state index in [0.29, 0.717) is 23.7 Å². The summed E-state index contributed by atoms with van der Waals surface area (Å²) < 4.78 is 0. The van der Waals surface area contributed by atoms with Crippen LogP contribution in [-0.4, -0.2) is 12.5 Å². The standard InChI is InChI=1S/C15H19N3O/c16-9-11-5-7-12(8-6-11)15(19)18-14-4-2-1-3-13(14)10-17/h1-4,11-12H,5-9,16H2,(H,18,19). The van der Waals surface area contributed by atoms with Crippen molar-refractivity contribution in [1.29, 1.82) is 5.26 Å². The highest BCUT2D eigenvalue weighted by molar-refractivity contribution is 5.93. The van der Waals surface area contributed by atoms with E-state index in [1.165, 1.54) is 0 Å². The normalized spacial score (nSPS) is 22.5. The maximum Gasteiger partial charge on any atom is 0.227 e. The monoisotopic (exact) mass is 257 g/mol. The van der Waals surface area contributed by atoms with Crippen molar-refractivity contribution in [1.82, 2.24) is 0 Å². The number of nitrogens with two attached hydrogens (primary N) is 1. The molecule has 1 aliphatic carbocycles. The average molecular weight is 257 g/mol. The minimum atomic E-state index is 0.0261. The van der Waals surface area contributed by atoms with E-state index in [-0.39, 0.29) is 11.8 Å². The second-order valence-corrected chi connectivity index (χ2v) is 5.10. The van der Waals surface area contributed by atoms with Crippen LogP contribution in [0, 0.1) is 23.2 Å². The first-order valence-electron chi connectivity index (χ1n) is 6.74. The molecule has 100 valence electrons. The molecule has 3 N–H and O–H groups in total. The van der Waals surface area contributed by atoms with E-state index in [4.69, 9.17) is 11.0 Å². The van der Waals surface area contributed by atoms with Crippen LogP contribution in [0.4, 0.5) is 5.69 Å². The zero-order chi connectivity index (χ0) is 13.7. The first-order valence-corrected chi connectivity index (χ1v) is 6.74. The van der Waals surface area contributed by atoms with Crippen molar-refractivity contribution in [3.05, 3.63) is 29.8 Å². The van der Waals surface area contributed by atoms with Gasteiger partial charge in [0.05, 0.1) is 11.3 Å². The SMILES string of the molecule is N#Cc1ccccc1NC(=O)C1CCC(CN)CC1. The van der Waals surface area contributed by atoms with Crippen LogP contribution in [0.3, 0.4) is 0 Å². The number of nitrogens with zero attached hydrogens (tertiary/aromatic N) is 1. The molecule has 1 aromatic carbocycles. The Hall–Kier alpha value is -1.86. The number of amides is 1. The molecule has 0 aliphatic heterocycles. The van der Waals surface area contributed by atoms with Gasteiger partial charge < -0.3 is 11.1 Å². The first-order chi connectivity index (χ1) is 9.24. The molecule has 0 bridgehead atoms. The van der Waals surface area contributed by atoms with Crippen molar-refractivity contribution in [3.63, 3.8) is 0 Å². The number of hydrogen-bond acceptors (Lipinski definition) is 3. The topological polar surface area (TPSA) is 78.9 Å². The molecule has 1 saturated carbocycles. The number of rotatable bonds is 3. The van der Waals surface area contributed by atoms with Crippen molar-refractivity contribution in [3.8, 4) is 6.07 Å². The van der Waals surface area contributed by atoms with Crippen LogP contribution in [0.15, 0.2) is 24.3 Å². The molecule has 19 heavy (non-hydrogen) atoms. The summed E-state index contributed by atoms with van der Waals surface area (Å²) in [7, 11) is 0. The number of nitriles is 1. The van der Waals surface area contributed by atoms with Gasteiger partial charge in [-0.15, -0.1) is 0 Å². The third kappa shape index (κ3) is 3.33. The molecule has 2 rings (SSSR count). The summed E-state index contributed by atoms with van der Waals surface area (Å²) in [6, 6.07) is 9.18. The molecule has 0 saturated heterocycles. The molecule has 0 aromatic heterocycles. The molecule has 0 atom stereocenters. The predicted molar refractivity (Wildman–Crippen MR) is 74.3 cm³/mol. The van der Waals surface area contributed by atoms with E-state index in [1.807, 2.05) is 6.07 Å². The summed E-state index contributed by atoms with van der Waals surface area (Å²) >= 11 is 0. The number of nitrogens with one attached hydrogen (secondary N) is 1. The highest BCUT2D eigenvalue weighted by Gasteiger charge is 2.25. The zero-order valence-electron chi connectivity index (χ0n) is 10.9. The number of benzene rings is 1. The Labute approximate surface area is 113 Å². The van der Waals surface area contributed by atoms with Crippen LogP contribution in [0.5, 0.6) is 0 Å². The van der Waals surface area contributed by atoms with E-state index in [9.17, 15) is 4.79 Å². The van der Waals surface area contributed by atoms with E-state index in [2.05, 4.69) is 11.4 Å². The fraction of sp³-hybridized carbons (Fsp3) is 0.467. The lowest BCUT2D eigenvalue weighted by Crippen LogP contribution is -2.29. The van der Waals surface area contributed by atoms with Gasteiger partial charge in [-0.2, -0.15) is 5.26 Å². The molecule has 1 amide bonds. The highest BCUT2D eigenvalue weighted by Crippen LogP contribution is 2.29. The van der Waals surface area contributed by atoms with Crippen LogP contribution in [0.1, 0.15) is 31.2 Å². The van der Waals surface area contributed by atoms with Crippen molar-refractivity contribution >= 4 is 11.6 Å². The molecule has 4 heteroatoms. The molecule has 1 aromatic rings. The van der Waals surface area contributed by atoms with E-state index >= 15 is 0 Å². The maximum atomic E-state index is 12.2. The molecule has 1 fully saturated rings. The summed E-state index contributed by atoms with van der Waals surface area (Å²) in [4.78, 5) is 12.2. The van der Waals surface area contributed by atoms with E-state index in [1.54, 1.807) is 18.2 Å². The molecule has 0 heterocycles. The minimum absolute atomic E-state index is 0.0261. The summed E-state index contributed by atoms with van der Waals surface area (Å²) in [5.74, 6) is 0.642. The Kier molecular flexibility index (Phi) is 4.53. The van der Waals surface area contributed by atoms with Crippen LogP contribution >= 0.6 is 0 Å². The summed E-state index contributed by atoms with van der Waals surface area (Å²) in [6.07, 6.45) is 3.83. The van der Waals surface area contributed by atoms with Gasteiger partial charge in [0.2, 0.25) is 5.91 Å². The second-order valence-electron chi connectivity index (χ2n) is 5.10. The fourth-order valence-electron chi connectivity index (χ4n) is 2.58. The predicted octanol–water partition coefficient (Wildman–Crippen LogP) is 2.26. The minimum Gasteiger partial charge on any atom is -0.330 e. The molecule has 4 nitrogen and oxygen atoms in total. The molecular formula is C15H19N3O. The Morgan fingerprint density at radius 2 is 2.00 bits per heavy atom. The van der Waals surface area contributed by atoms with Crippen LogP contribution in [0.2, 0.25) is 0 Å². The van der Waals surface area contributed by atoms with Crippen molar-refractivity contribution in [2.24, 2.45) is 17.6 Å². The van der Waals surface area contributed by atoms with Gasteiger partial charge in [-0.3, -0.25) is 4.79 Å². The largest absolute Gasteiger partial charge is 0.330 e. The zero-order valence-corrected chi connectivity index (χ0v) is 10.9. The fourth-order valence-corrected chi connectivity index (χ4v) is 2.58. The van der Waals surface area contributed by atoms with Gasteiger partial charge >= 0.3 is 0 Å². The molecule has 0 radical (unpaired) electrons. The third-order valence-corrected chi connectivity index (χ3v) is 3.86. The lowest BCUT2D eigenvalue weighted by atomic mass is 9.81. The van der Waals surface area contributed by atoms with Gasteiger partial charge in [0, 0.05) is 5.92 Å². The number of anilines is 1. The Morgan fingerprint density at radius 3 is 2.63 bits per heavy atom. The number of carbonyl (C=O) groups excluding carboxylic acids is 1. The number of hydrogen-bond donors (Lipinski definition) is 2. The van der Waals surface area contributed by atoms with Gasteiger partial charge in [0.25, 0.3) is 0 Å². The van der Waals surface area contributed by atoms with Gasteiger partial charge in [0.1, 0.15) is 6.07 Å². The maximum absolute atomic E-state index is 12.2. The van der Waals surface area contributed by atoms with Gasteiger partial charge in [0.15, 0.2) is 0 Å². The Bertz CT molecular complexity index is 484. The van der Waals surface area contributed by atoms with Crippen LogP contribution in [-0.2, 0) is 4.79 Å². The van der Waals surface area contributed by atoms with Gasteiger partial charge in [-0.05, 0) is 50.3 Å². The smallest absolute Gasteiger partial charge is 0.227 e. The van der Waals surface area contributed by atoms with E-state index in [0.717, 1.165) is 25.7 Å². The molecule has 0 spiro atoms. The van der Waals surface area contributed by atoms with Crippen molar-refractivity contribution in [2.45, 2.75) is 25.7 Å². The first kappa shape index (κ1) is 13.6. The van der Waals surface area contributed by atoms with Crippen LogP contribution < -0.4 is 11.1 Å². The third-order valence-electron chi connectivity index (χ3n) is 3.86. The van der Waals surface area contributed by atoms with Crippen molar-refractivity contribution in [2.75, 3.05) is 11.9 Å². The average Bonchev–Trinajstić information content (AvgIpc) is 2.48. The summed E-state index contributed by atoms with van der Waals surface area (Å²) in [5, 5.41) is 11.9. The summed E-state index contributed by atoms with van der Waals surface area (Å²) in [5.41, 5.74) is 6.76. The van der Waals surface area contributed by atoms with Gasteiger partial charge in [-0.25, -0.2) is 0 Å². The van der Waals surface area contributed by atoms with Crippen LogP contribution in [0.25, 0.3) is 0 Å². The summed E-state index contributed by atoms with van der Waals surface area (Å²) in [6.45, 7) is 0.714. The highest BCUT2D eigenvalue weighted by atomic mass is 16.1. The molecular weight excluding hydrogens is 238 g/mol. The van der Waals surface area contributed by atoms with Crippen molar-refractivity contribution < 1.29 is 4.79 Å². The number of para-hydroxylation sites is 1. The second kappa shape index (κ2) is 6.35. The van der Waals surface area contributed by atoms with E-state index < -0.39 is 0 Å². The lowest BCUT2D eigenvalue weighted by molar-refractivity contribution is -0.121. The van der Waals surface area contributed by atoms with Gasteiger partial charge in [-0.1, -0.05) is 12.1 Å². The number of carbonyl (C=O) groups is 1. The Balaban J connectivity index is 1.97. The Morgan fingerprint density at radius 1 is 1.32 bits per heavy atom. The molecule has 1 aliphatic rings. The lowest BCUT2D eigenvalue weighted by Gasteiger charge is -2.26. The quantitative estimate of drug-likeness (QED) is 0.871.